The van der Waals surface area contributed by atoms with Gasteiger partial charge in [0.1, 0.15) is 42.7 Å². The highest BCUT2D eigenvalue weighted by molar-refractivity contribution is 6.23. The summed E-state index contributed by atoms with van der Waals surface area (Å²) in [6, 6.07) is 0. The van der Waals surface area contributed by atoms with Crippen LogP contribution in [0.15, 0.2) is 0 Å². The lowest BCUT2D eigenvalue weighted by molar-refractivity contribution is -0.313. The third kappa shape index (κ3) is 3.32. The van der Waals surface area contributed by atoms with Crippen LogP contribution in [0, 0.1) is 0 Å². The molecule has 0 aromatic carbocycles. The lowest BCUT2D eigenvalue weighted by Crippen LogP contribution is -2.66. The van der Waals surface area contributed by atoms with Crippen LogP contribution in [-0.4, -0.2) is 102 Å². The fourth-order valence-corrected chi connectivity index (χ4v) is 3.52. The lowest BCUT2D eigenvalue weighted by atomic mass is 9.88. The smallest absolute Gasteiger partial charge is 0.224 e. The molecule has 0 amide bonds. The minimum Gasteiger partial charge on any atom is -0.389 e. The molecule has 136 valence electrons. The van der Waals surface area contributed by atoms with Crippen molar-refractivity contribution in [2.45, 2.75) is 60.0 Å². The van der Waals surface area contributed by atoms with E-state index in [9.17, 15) is 30.6 Å². The molecule has 0 aromatic heterocycles. The summed E-state index contributed by atoms with van der Waals surface area (Å²) in [5, 5.41) is 59.7. The van der Waals surface area contributed by atoms with Crippen molar-refractivity contribution in [2.24, 2.45) is 0 Å². The number of aliphatic hydroxyl groups is 6. The van der Waals surface area contributed by atoms with Crippen LogP contribution < -0.4 is 0 Å². The molecule has 0 saturated carbocycles. The molecule has 0 radical (unpaired) electrons. The van der Waals surface area contributed by atoms with Gasteiger partial charge in [-0.2, -0.15) is 0 Å². The summed E-state index contributed by atoms with van der Waals surface area (Å²) in [6.45, 7) is 0. The van der Waals surface area contributed by atoms with Crippen LogP contribution in [-0.2, 0) is 9.47 Å². The number of hydrogen-bond donors (Lipinski definition) is 6. The first kappa shape index (κ1) is 18.3. The Labute approximate surface area is 148 Å². The average molecular weight is 399 g/mol. The maximum atomic E-state index is 10.5. The van der Waals surface area contributed by atoms with Crippen LogP contribution in [0.1, 0.15) is 1.37 Å². The average Bonchev–Trinajstić information content (AvgIpc) is 2.78. The SMILES string of the molecule is [2H]C(O)([C@H]1O[C@H](CCl)[C@H](Cl)[C@H](O)[C@H]1O)[C@@]1(O)O[C@H](CCl)[C@@H](O)[C@@H]1O. The number of halogens is 3. The maximum Gasteiger partial charge on any atom is 0.224 e. The zero-order valence-corrected chi connectivity index (χ0v) is 13.9. The van der Waals surface area contributed by atoms with Gasteiger partial charge in [0.05, 0.1) is 24.6 Å². The standard InChI is InChI=1S/C12H19Cl3O8/c13-1-3-5(15)7(17)8(18)9(22-3)11(20)12(21)10(19)6(16)4(2-14)23-12/h3-11,16-21H,1-2H2/t3-,4-,5+,6-,7+,8-,9+,10+,11?,12+/m1/s1/i11D. The highest BCUT2D eigenvalue weighted by Gasteiger charge is 2.61. The van der Waals surface area contributed by atoms with Gasteiger partial charge in [-0.3, -0.25) is 0 Å². The number of rotatable bonds is 4. The topological polar surface area (TPSA) is 140 Å². The van der Waals surface area contributed by atoms with Crippen LogP contribution in [0.4, 0.5) is 0 Å². The van der Waals surface area contributed by atoms with E-state index in [0.29, 0.717) is 0 Å². The van der Waals surface area contributed by atoms with Gasteiger partial charge in [0, 0.05) is 0 Å². The molecule has 0 aromatic rings. The second-order valence-corrected chi connectivity index (χ2v) is 6.62. The van der Waals surface area contributed by atoms with Gasteiger partial charge in [-0.15, -0.1) is 34.8 Å². The minimum atomic E-state index is -3.20. The summed E-state index contributed by atoms with van der Waals surface area (Å²) in [4.78, 5) is 0. The van der Waals surface area contributed by atoms with Crippen LogP contribution in [0.3, 0.4) is 0 Å². The van der Waals surface area contributed by atoms with Gasteiger partial charge in [0.25, 0.3) is 0 Å². The van der Waals surface area contributed by atoms with E-state index in [1.807, 2.05) is 0 Å². The zero-order chi connectivity index (χ0) is 18.4. The molecule has 8 nitrogen and oxygen atoms in total. The number of aliphatic hydroxyl groups excluding tert-OH is 4. The highest BCUT2D eigenvalue weighted by Crippen LogP contribution is 2.37. The first-order valence-electron chi connectivity index (χ1n) is 7.29. The lowest BCUT2D eigenvalue weighted by Gasteiger charge is -2.45. The summed E-state index contributed by atoms with van der Waals surface area (Å²) in [7, 11) is 0. The maximum absolute atomic E-state index is 10.5. The Morgan fingerprint density at radius 3 is 2.09 bits per heavy atom. The molecule has 0 bridgehead atoms. The fraction of sp³-hybridized carbons (Fsp3) is 1.00. The van der Waals surface area contributed by atoms with Crippen molar-refractivity contribution in [3.63, 3.8) is 0 Å². The highest BCUT2D eigenvalue weighted by atomic mass is 35.5. The summed E-state index contributed by atoms with van der Waals surface area (Å²) < 4.78 is 18.3. The molecule has 2 aliphatic heterocycles. The molecular weight excluding hydrogens is 378 g/mol. The molecule has 2 saturated heterocycles. The number of alkyl halides is 3. The number of hydrogen-bond acceptors (Lipinski definition) is 8. The van der Waals surface area contributed by atoms with Crippen molar-refractivity contribution in [3.05, 3.63) is 0 Å². The third-order valence-corrected chi connectivity index (χ3v) is 5.19. The quantitative estimate of drug-likeness (QED) is 0.291. The monoisotopic (exact) mass is 397 g/mol. The Bertz CT molecular complexity index is 458. The van der Waals surface area contributed by atoms with E-state index in [-0.39, 0.29) is 11.8 Å². The van der Waals surface area contributed by atoms with Crippen molar-refractivity contribution in [2.75, 3.05) is 11.8 Å². The molecule has 0 spiro atoms. The second kappa shape index (κ2) is 7.43. The normalized spacial score (nSPS) is 54.6. The van der Waals surface area contributed by atoms with Crippen molar-refractivity contribution in [1.29, 1.82) is 0 Å². The molecule has 10 atom stereocenters. The van der Waals surface area contributed by atoms with E-state index in [0.717, 1.165) is 0 Å². The van der Waals surface area contributed by atoms with E-state index >= 15 is 0 Å². The second-order valence-electron chi connectivity index (χ2n) is 5.50. The van der Waals surface area contributed by atoms with Crippen molar-refractivity contribution in [1.82, 2.24) is 0 Å². The largest absolute Gasteiger partial charge is 0.389 e. The summed E-state index contributed by atoms with van der Waals surface area (Å²) in [5.74, 6) is -3.63. The summed E-state index contributed by atoms with van der Waals surface area (Å²) >= 11 is 17.1. The first-order valence-corrected chi connectivity index (χ1v) is 8.29. The van der Waals surface area contributed by atoms with Gasteiger partial charge >= 0.3 is 0 Å². The van der Waals surface area contributed by atoms with E-state index in [4.69, 9.17) is 45.6 Å². The Kier molecular flexibility index (Phi) is 5.92. The van der Waals surface area contributed by atoms with E-state index < -0.39 is 60.0 Å². The van der Waals surface area contributed by atoms with Gasteiger partial charge in [0.15, 0.2) is 0 Å². The number of ether oxygens (including phenoxy) is 2. The van der Waals surface area contributed by atoms with Gasteiger partial charge in [-0.05, 0) is 0 Å². The van der Waals surface area contributed by atoms with E-state index in [2.05, 4.69) is 0 Å². The van der Waals surface area contributed by atoms with Crippen LogP contribution in [0.5, 0.6) is 0 Å². The molecule has 0 aliphatic carbocycles. The zero-order valence-electron chi connectivity index (χ0n) is 12.7. The van der Waals surface area contributed by atoms with Gasteiger partial charge < -0.3 is 40.1 Å². The molecule has 2 rings (SSSR count). The Morgan fingerprint density at radius 2 is 1.61 bits per heavy atom. The molecule has 2 heterocycles. The molecule has 11 heteroatoms. The minimum absolute atomic E-state index is 0.237. The molecule has 2 aliphatic rings. The van der Waals surface area contributed by atoms with Crippen molar-refractivity contribution >= 4 is 34.8 Å². The van der Waals surface area contributed by atoms with Gasteiger partial charge in [-0.1, -0.05) is 0 Å². The third-order valence-electron chi connectivity index (χ3n) is 4.04. The van der Waals surface area contributed by atoms with Crippen LogP contribution in [0.2, 0.25) is 0 Å². The van der Waals surface area contributed by atoms with E-state index in [1.165, 1.54) is 0 Å². The fourth-order valence-electron chi connectivity index (χ4n) is 2.62. The summed E-state index contributed by atoms with van der Waals surface area (Å²) in [6.07, 6.45) is -14.9. The predicted octanol–water partition coefficient (Wildman–Crippen LogP) is -2.27. The first-order chi connectivity index (χ1) is 11.0. The Morgan fingerprint density at radius 1 is 1.04 bits per heavy atom. The molecule has 2 fully saturated rings. The molecular formula is C12H19Cl3O8. The van der Waals surface area contributed by atoms with Crippen LogP contribution in [0.25, 0.3) is 0 Å². The van der Waals surface area contributed by atoms with Gasteiger partial charge in [-0.25, -0.2) is 0 Å². The Balaban J connectivity index is 2.34. The summed E-state index contributed by atoms with van der Waals surface area (Å²) in [5.41, 5.74) is 0. The molecule has 6 N–H and O–H groups in total. The van der Waals surface area contributed by atoms with Crippen molar-refractivity contribution < 1.29 is 41.5 Å². The predicted molar refractivity (Wildman–Crippen MR) is 79.6 cm³/mol. The Hall–Kier alpha value is 0.550. The van der Waals surface area contributed by atoms with Crippen molar-refractivity contribution in [3.8, 4) is 0 Å². The van der Waals surface area contributed by atoms with Gasteiger partial charge in [0.2, 0.25) is 5.79 Å². The molecule has 23 heavy (non-hydrogen) atoms. The molecule has 1 unspecified atom stereocenters. The van der Waals surface area contributed by atoms with Crippen LogP contribution >= 0.6 is 34.8 Å². The van der Waals surface area contributed by atoms with E-state index in [1.54, 1.807) is 0 Å².